The number of aliphatic carboxylic acids is 1. The molecule has 258 valence electrons. The molecule has 0 aliphatic carbocycles. The molecule has 0 spiro atoms. The van der Waals surface area contributed by atoms with Crippen LogP contribution in [0.5, 0.6) is 5.75 Å². The molecule has 1 aliphatic heterocycles. The SMILES string of the molecule is CC#CCOc1ccc(C[C@H](NC(=O)[C@@H](C=CCCCCCCC(=O)CCCCCCC)[C@@]2(O)CC(=O)N(OC)C2=O)C(=O)O)cc1. The van der Waals surface area contributed by atoms with Gasteiger partial charge >= 0.3 is 5.97 Å². The van der Waals surface area contributed by atoms with Crippen LogP contribution in [0.2, 0.25) is 0 Å². The zero-order valence-corrected chi connectivity index (χ0v) is 27.9. The number of rotatable bonds is 23. The van der Waals surface area contributed by atoms with E-state index in [9.17, 15) is 34.2 Å². The number of benzene rings is 1. The van der Waals surface area contributed by atoms with Crippen LogP contribution in [-0.4, -0.2) is 70.1 Å². The number of carboxylic acid groups (broad SMARTS) is 1. The number of carboxylic acids is 1. The number of nitrogens with one attached hydrogen (secondary N) is 1. The van der Waals surface area contributed by atoms with Gasteiger partial charge in [0, 0.05) is 19.3 Å². The van der Waals surface area contributed by atoms with Gasteiger partial charge in [0.05, 0.1) is 19.4 Å². The van der Waals surface area contributed by atoms with Gasteiger partial charge in [0.15, 0.2) is 5.60 Å². The second kappa shape index (κ2) is 21.0. The van der Waals surface area contributed by atoms with E-state index in [1.165, 1.54) is 25.3 Å². The summed E-state index contributed by atoms with van der Waals surface area (Å²) in [7, 11) is 1.10. The van der Waals surface area contributed by atoms with Crippen molar-refractivity contribution in [2.75, 3.05) is 13.7 Å². The van der Waals surface area contributed by atoms with Gasteiger partial charge in [-0.25, -0.2) is 4.79 Å². The minimum absolute atomic E-state index is 0.0799. The largest absolute Gasteiger partial charge is 0.481 e. The van der Waals surface area contributed by atoms with Crippen LogP contribution in [0.3, 0.4) is 0 Å². The Bertz CT molecular complexity index is 1280. The smallest absolute Gasteiger partial charge is 0.326 e. The lowest BCUT2D eigenvalue weighted by Crippen LogP contribution is -2.54. The molecule has 0 bridgehead atoms. The maximum atomic E-state index is 13.5. The molecule has 1 aliphatic rings. The zero-order chi connectivity index (χ0) is 34.7. The van der Waals surface area contributed by atoms with E-state index in [1.54, 1.807) is 37.3 Å². The van der Waals surface area contributed by atoms with Crippen LogP contribution in [0.15, 0.2) is 36.4 Å². The summed E-state index contributed by atoms with van der Waals surface area (Å²) in [5, 5.41) is 24.1. The van der Waals surface area contributed by atoms with E-state index in [0.29, 0.717) is 41.4 Å². The van der Waals surface area contributed by atoms with Crippen LogP contribution >= 0.6 is 0 Å². The highest BCUT2D eigenvalue weighted by molar-refractivity contribution is 6.09. The molecule has 3 amide bonds. The number of aliphatic hydroxyl groups is 1. The zero-order valence-electron chi connectivity index (χ0n) is 27.9. The predicted molar refractivity (Wildman–Crippen MR) is 176 cm³/mol. The monoisotopic (exact) mass is 654 g/mol. The predicted octanol–water partition coefficient (Wildman–Crippen LogP) is 4.69. The number of nitrogens with zero attached hydrogens (tertiary/aromatic N) is 1. The van der Waals surface area contributed by atoms with Gasteiger partial charge in [0.1, 0.15) is 24.2 Å². The van der Waals surface area contributed by atoms with E-state index in [1.807, 2.05) is 0 Å². The van der Waals surface area contributed by atoms with Gasteiger partial charge in [-0.05, 0) is 50.3 Å². The van der Waals surface area contributed by atoms with Crippen molar-refractivity contribution in [1.29, 1.82) is 0 Å². The van der Waals surface area contributed by atoms with Crippen molar-refractivity contribution in [3.8, 4) is 17.6 Å². The molecule has 0 unspecified atom stereocenters. The Morgan fingerprint density at radius 1 is 1.02 bits per heavy atom. The molecule has 11 nitrogen and oxygen atoms in total. The summed E-state index contributed by atoms with van der Waals surface area (Å²) in [5.74, 6) is 0.665. The molecule has 2 rings (SSSR count). The Hall–Kier alpha value is -4.01. The third-order valence-electron chi connectivity index (χ3n) is 8.11. The highest BCUT2D eigenvalue weighted by atomic mass is 16.7. The summed E-state index contributed by atoms with van der Waals surface area (Å²) in [4.78, 5) is 67.9. The fraction of sp³-hybridized carbons (Fsp3) is 0.583. The number of hydrogen-bond donors (Lipinski definition) is 3. The first-order valence-corrected chi connectivity index (χ1v) is 16.5. The lowest BCUT2D eigenvalue weighted by atomic mass is 9.84. The normalized spacial score (nSPS) is 17.3. The number of carbonyl (C=O) groups is 5. The highest BCUT2D eigenvalue weighted by Gasteiger charge is 2.57. The summed E-state index contributed by atoms with van der Waals surface area (Å²) >= 11 is 0. The molecule has 0 saturated carbocycles. The van der Waals surface area contributed by atoms with E-state index in [0.717, 1.165) is 45.6 Å². The number of amides is 3. The van der Waals surface area contributed by atoms with Gasteiger partial charge < -0.3 is 20.3 Å². The summed E-state index contributed by atoms with van der Waals surface area (Å²) in [6.45, 7) is 4.07. The van der Waals surface area contributed by atoms with Gasteiger partial charge in [0.2, 0.25) is 5.91 Å². The Labute approximate surface area is 278 Å². The van der Waals surface area contributed by atoms with Gasteiger partial charge in [0.25, 0.3) is 11.8 Å². The average Bonchev–Trinajstić information content (AvgIpc) is 3.27. The Kier molecular flexibility index (Phi) is 17.5. The number of hydroxylamine groups is 2. The molecule has 1 aromatic carbocycles. The molecule has 1 aromatic rings. The summed E-state index contributed by atoms with van der Waals surface area (Å²) < 4.78 is 5.48. The molecule has 11 heteroatoms. The molecule has 0 aromatic heterocycles. The van der Waals surface area contributed by atoms with Crippen molar-refractivity contribution in [2.24, 2.45) is 5.92 Å². The Morgan fingerprint density at radius 3 is 2.23 bits per heavy atom. The van der Waals surface area contributed by atoms with Gasteiger partial charge in [-0.1, -0.05) is 75.7 Å². The van der Waals surface area contributed by atoms with Crippen molar-refractivity contribution in [3.05, 3.63) is 42.0 Å². The standard InChI is InChI=1S/C36H50N2O9/c1-4-6-8-11-14-17-28(39)18-15-12-9-10-13-16-19-30(36(45)26-32(40)38(46-3)35(36)44)33(41)37-31(34(42)43)25-27-20-22-29(23-21-27)47-24-7-5-2/h16,19-23,30-31,45H,4,6,8-15,17-18,24-26H2,1-3H3,(H,37,41)(H,42,43)/t30-,31+,36+/m1/s1. The number of imide groups is 1. The van der Waals surface area contributed by atoms with Gasteiger partial charge in [-0.3, -0.25) is 24.0 Å². The maximum absolute atomic E-state index is 13.5. The van der Waals surface area contributed by atoms with Crippen molar-refractivity contribution in [1.82, 2.24) is 10.4 Å². The van der Waals surface area contributed by atoms with Crippen LogP contribution < -0.4 is 10.1 Å². The van der Waals surface area contributed by atoms with Crippen LogP contribution in [-0.2, 0) is 35.2 Å². The molecule has 1 saturated heterocycles. The number of unbranched alkanes of at least 4 members (excludes halogenated alkanes) is 8. The second-order valence-corrected chi connectivity index (χ2v) is 11.8. The fourth-order valence-corrected chi connectivity index (χ4v) is 5.39. The minimum atomic E-state index is -2.45. The molecular formula is C36H50N2O9. The number of carbonyl (C=O) groups excluding carboxylic acids is 4. The Morgan fingerprint density at radius 2 is 1.66 bits per heavy atom. The van der Waals surface area contributed by atoms with Crippen molar-refractivity contribution < 1.29 is 43.8 Å². The van der Waals surface area contributed by atoms with Crippen molar-refractivity contribution in [3.63, 3.8) is 0 Å². The van der Waals surface area contributed by atoms with E-state index in [4.69, 9.17) is 9.57 Å². The Balaban J connectivity index is 2.01. The average molecular weight is 655 g/mol. The summed E-state index contributed by atoms with van der Waals surface area (Å²) in [6.07, 6.45) is 12.8. The second-order valence-electron chi connectivity index (χ2n) is 11.8. The van der Waals surface area contributed by atoms with Crippen LogP contribution in [0.25, 0.3) is 0 Å². The van der Waals surface area contributed by atoms with Crippen molar-refractivity contribution >= 4 is 29.5 Å². The molecule has 1 fully saturated rings. The first kappa shape index (κ1) is 39.2. The molecule has 1 heterocycles. The van der Waals surface area contributed by atoms with Crippen LogP contribution in [0.1, 0.15) is 103 Å². The van der Waals surface area contributed by atoms with E-state index in [2.05, 4.69) is 24.1 Å². The first-order valence-electron chi connectivity index (χ1n) is 16.5. The maximum Gasteiger partial charge on any atom is 0.326 e. The number of ether oxygens (including phenoxy) is 1. The quantitative estimate of drug-likeness (QED) is 0.0658. The molecular weight excluding hydrogens is 604 g/mol. The summed E-state index contributed by atoms with van der Waals surface area (Å²) in [6, 6.07) is 5.28. The third-order valence-corrected chi connectivity index (χ3v) is 8.11. The lowest BCUT2D eigenvalue weighted by Gasteiger charge is -2.28. The third kappa shape index (κ3) is 13.0. The molecule has 3 atom stereocenters. The molecule has 3 N–H and O–H groups in total. The van der Waals surface area contributed by atoms with Crippen molar-refractivity contribution in [2.45, 2.75) is 115 Å². The topological polar surface area (TPSA) is 160 Å². The van der Waals surface area contributed by atoms with Gasteiger partial charge in [-0.2, -0.15) is 5.06 Å². The van der Waals surface area contributed by atoms with E-state index < -0.39 is 47.7 Å². The lowest BCUT2D eigenvalue weighted by molar-refractivity contribution is -0.187. The number of ketones is 1. The highest BCUT2D eigenvalue weighted by Crippen LogP contribution is 2.33. The van der Waals surface area contributed by atoms with Crippen LogP contribution in [0.4, 0.5) is 0 Å². The first-order chi connectivity index (χ1) is 22.6. The van der Waals surface area contributed by atoms with Gasteiger partial charge in [-0.15, -0.1) is 5.92 Å². The fourth-order valence-electron chi connectivity index (χ4n) is 5.39. The van der Waals surface area contributed by atoms with E-state index >= 15 is 0 Å². The number of allylic oxidation sites excluding steroid dienone is 1. The minimum Gasteiger partial charge on any atom is -0.481 e. The molecule has 0 radical (unpaired) electrons. The van der Waals surface area contributed by atoms with E-state index in [-0.39, 0.29) is 13.0 Å². The molecule has 47 heavy (non-hydrogen) atoms. The number of Topliss-reactive ketones (excluding diaryl/α,β-unsaturated/α-hetero) is 1. The summed E-state index contributed by atoms with van der Waals surface area (Å²) in [5.41, 5.74) is -1.85. The van der Waals surface area contributed by atoms with Crippen LogP contribution in [0, 0.1) is 17.8 Å². The number of hydrogen-bond acceptors (Lipinski definition) is 8.